The first-order chi connectivity index (χ1) is 11.7. The Bertz CT molecular complexity index is 782. The topological polar surface area (TPSA) is 52.3 Å². The Balaban J connectivity index is 2.50. The maximum Gasteiger partial charge on any atom is 0.315 e. The monoisotopic (exact) mass is 363 g/mol. The molecule has 0 fully saturated rings. The summed E-state index contributed by atoms with van der Waals surface area (Å²) in [7, 11) is 0. The van der Waals surface area contributed by atoms with Gasteiger partial charge in [0.2, 0.25) is 0 Å². The van der Waals surface area contributed by atoms with Crippen molar-refractivity contribution in [2.45, 2.75) is 39.5 Å². The second-order valence-corrected chi connectivity index (χ2v) is 8.07. The van der Waals surface area contributed by atoms with Gasteiger partial charge in [-0.25, -0.2) is 4.39 Å². The molecule has 0 aliphatic heterocycles. The first kappa shape index (κ1) is 19.5. The van der Waals surface area contributed by atoms with Crippen LogP contribution in [0.5, 0.6) is 0 Å². The fourth-order valence-electron chi connectivity index (χ4n) is 3.17. The maximum absolute atomic E-state index is 14.6. The Morgan fingerprint density at radius 3 is 2.24 bits per heavy atom. The highest BCUT2D eigenvalue weighted by atomic mass is 32.2. The lowest BCUT2D eigenvalue weighted by Gasteiger charge is -2.20. The predicted molar refractivity (Wildman–Crippen MR) is 104 cm³/mol. The van der Waals surface area contributed by atoms with E-state index in [0.717, 1.165) is 22.3 Å². The van der Waals surface area contributed by atoms with Crippen molar-refractivity contribution in [3.8, 4) is 11.1 Å². The van der Waals surface area contributed by atoms with Gasteiger partial charge >= 0.3 is 5.97 Å². The lowest BCUT2D eigenvalue weighted by atomic mass is 9.93. The highest BCUT2D eigenvalue weighted by molar-refractivity contribution is 8.15. The van der Waals surface area contributed by atoms with Crippen molar-refractivity contribution < 1.29 is 13.9 Å². The number of nitrogens with two attached hydrogens (primary N) is 1. The number of halogens is 1. The minimum absolute atomic E-state index is 0.0227. The van der Waals surface area contributed by atoms with Crippen LogP contribution in [0.25, 0.3) is 11.1 Å². The Morgan fingerprint density at radius 2 is 1.68 bits per heavy atom. The highest BCUT2D eigenvalue weighted by Gasteiger charge is 2.18. The van der Waals surface area contributed by atoms with Crippen LogP contribution in [-0.4, -0.2) is 18.3 Å². The zero-order valence-electron chi connectivity index (χ0n) is 15.4. The van der Waals surface area contributed by atoms with Gasteiger partial charge in [0, 0.05) is 4.90 Å². The largest absolute Gasteiger partial charge is 0.465 e. The van der Waals surface area contributed by atoms with Gasteiger partial charge in [0.15, 0.2) is 0 Å². The summed E-state index contributed by atoms with van der Waals surface area (Å²) in [6.07, 6.45) is 0. The average molecular weight is 363 g/mol. The molecule has 0 saturated carbocycles. The number of thiol groups is 1. The molecule has 1 atom stereocenters. The number of aryl methyl sites for hydroxylation is 4. The molecule has 0 saturated heterocycles. The van der Waals surface area contributed by atoms with E-state index in [1.165, 1.54) is 5.56 Å². The van der Waals surface area contributed by atoms with Gasteiger partial charge in [-0.2, -0.15) is 11.1 Å². The predicted octanol–water partition coefficient (Wildman–Crippen LogP) is 4.52. The summed E-state index contributed by atoms with van der Waals surface area (Å²) in [6.45, 7) is 9.93. The third kappa shape index (κ3) is 4.41. The molecule has 0 aliphatic rings. The summed E-state index contributed by atoms with van der Waals surface area (Å²) < 4.78 is 19.6. The van der Waals surface area contributed by atoms with Crippen molar-refractivity contribution in [3.05, 3.63) is 52.3 Å². The number of carbonyl (C=O) groups excluding carboxylic acids is 1. The van der Waals surface area contributed by atoms with Crippen LogP contribution < -0.4 is 5.14 Å². The smallest absolute Gasteiger partial charge is 0.315 e. The molecular formula is C20H26FNO2S. The first-order valence-electron chi connectivity index (χ1n) is 8.30. The van der Waals surface area contributed by atoms with E-state index in [1.807, 2.05) is 6.07 Å². The molecule has 2 N–H and O–H groups in total. The molecule has 136 valence electrons. The molecule has 25 heavy (non-hydrogen) atoms. The normalized spacial score (nSPS) is 12.8. The van der Waals surface area contributed by atoms with Crippen LogP contribution in [0.4, 0.5) is 4.39 Å². The molecule has 2 rings (SSSR count). The van der Waals surface area contributed by atoms with Crippen LogP contribution in [0.15, 0.2) is 29.2 Å². The second kappa shape index (κ2) is 8.02. The van der Waals surface area contributed by atoms with Gasteiger partial charge in [-0.1, -0.05) is 17.7 Å². The molecule has 0 aliphatic carbocycles. The van der Waals surface area contributed by atoms with Gasteiger partial charge in [-0.05, 0) is 74.6 Å². The van der Waals surface area contributed by atoms with E-state index < -0.39 is 11.1 Å². The molecule has 2 aromatic rings. The number of carbonyl (C=O) groups is 1. The van der Waals surface area contributed by atoms with Gasteiger partial charge in [0.1, 0.15) is 5.82 Å². The molecule has 0 amide bonds. The molecular weight excluding hydrogens is 337 g/mol. The third-order valence-electron chi connectivity index (χ3n) is 4.12. The molecule has 3 nitrogen and oxygen atoms in total. The van der Waals surface area contributed by atoms with Gasteiger partial charge in [-0.3, -0.25) is 9.93 Å². The van der Waals surface area contributed by atoms with E-state index in [1.54, 1.807) is 19.9 Å². The summed E-state index contributed by atoms with van der Waals surface area (Å²) in [5.41, 5.74) is 6.04. The number of hydrogen-bond acceptors (Lipinski definition) is 3. The Morgan fingerprint density at radius 1 is 1.08 bits per heavy atom. The SMILES string of the molecule is CCOC(=O)C[SH](N)c1cc(-c2c(C)cc(C)cc2C)cc(C)c1F. The van der Waals surface area contributed by atoms with Crippen LogP contribution in [0.1, 0.15) is 29.2 Å². The number of rotatable bonds is 5. The molecule has 0 spiro atoms. The number of ether oxygens (including phenoxy) is 1. The van der Waals surface area contributed by atoms with Crippen molar-refractivity contribution in [1.82, 2.24) is 0 Å². The number of esters is 1. The zero-order chi connectivity index (χ0) is 18.7. The Kier molecular flexibility index (Phi) is 6.25. The Labute approximate surface area is 151 Å². The van der Waals surface area contributed by atoms with E-state index in [4.69, 9.17) is 9.88 Å². The van der Waals surface area contributed by atoms with Crippen molar-refractivity contribution in [2.75, 3.05) is 12.4 Å². The lowest BCUT2D eigenvalue weighted by Crippen LogP contribution is -2.14. The Hall–Kier alpha value is -1.85. The molecule has 0 aromatic heterocycles. The molecule has 1 unspecified atom stereocenters. The first-order valence-corrected chi connectivity index (χ1v) is 9.90. The third-order valence-corrected chi connectivity index (χ3v) is 5.66. The molecule has 0 radical (unpaired) electrons. The summed E-state index contributed by atoms with van der Waals surface area (Å²) in [4.78, 5) is 12.1. The number of hydrogen-bond donors (Lipinski definition) is 2. The van der Waals surface area contributed by atoms with Crippen LogP contribution >= 0.6 is 11.1 Å². The zero-order valence-corrected chi connectivity index (χ0v) is 16.3. The fraction of sp³-hybridized carbons (Fsp3) is 0.350. The fourth-order valence-corrected chi connectivity index (χ4v) is 4.44. The van der Waals surface area contributed by atoms with Crippen molar-refractivity contribution in [3.63, 3.8) is 0 Å². The van der Waals surface area contributed by atoms with E-state index in [0.29, 0.717) is 17.1 Å². The van der Waals surface area contributed by atoms with Gasteiger partial charge in [-0.15, -0.1) is 0 Å². The van der Waals surface area contributed by atoms with E-state index >= 15 is 0 Å². The van der Waals surface area contributed by atoms with Crippen molar-refractivity contribution in [1.29, 1.82) is 0 Å². The van der Waals surface area contributed by atoms with Crippen LogP contribution in [0, 0.1) is 33.5 Å². The molecule has 2 aromatic carbocycles. The van der Waals surface area contributed by atoms with Gasteiger partial charge in [0.25, 0.3) is 0 Å². The summed E-state index contributed by atoms with van der Waals surface area (Å²) in [5, 5.41) is 6.17. The lowest BCUT2D eigenvalue weighted by molar-refractivity contribution is -0.139. The maximum atomic E-state index is 14.6. The van der Waals surface area contributed by atoms with Crippen molar-refractivity contribution >= 4 is 17.1 Å². The summed E-state index contributed by atoms with van der Waals surface area (Å²) >= 11 is -1.45. The molecule has 0 bridgehead atoms. The van der Waals surface area contributed by atoms with Gasteiger partial charge in [0.05, 0.1) is 12.4 Å². The highest BCUT2D eigenvalue weighted by Crippen LogP contribution is 2.38. The van der Waals surface area contributed by atoms with Crippen LogP contribution in [0.2, 0.25) is 0 Å². The number of benzene rings is 2. The quantitative estimate of drug-likeness (QED) is 0.606. The van der Waals surface area contributed by atoms with E-state index in [9.17, 15) is 9.18 Å². The summed E-state index contributed by atoms with van der Waals surface area (Å²) in [6, 6.07) is 7.87. The standard InChI is InChI=1S/C20H26FNO2S/c1-6-24-18(23)11-25(22)17-10-16(9-15(5)20(17)21)19-13(3)7-12(2)8-14(19)4/h7-10,25H,6,11,22H2,1-5H3. The van der Waals surface area contributed by atoms with E-state index in [2.05, 4.69) is 32.9 Å². The van der Waals surface area contributed by atoms with Crippen LogP contribution in [-0.2, 0) is 9.53 Å². The average Bonchev–Trinajstić information content (AvgIpc) is 2.49. The molecule has 0 heterocycles. The van der Waals surface area contributed by atoms with Crippen LogP contribution in [0.3, 0.4) is 0 Å². The minimum atomic E-state index is -1.45. The summed E-state index contributed by atoms with van der Waals surface area (Å²) in [5.74, 6) is -0.695. The van der Waals surface area contributed by atoms with Crippen molar-refractivity contribution in [2.24, 2.45) is 5.14 Å². The second-order valence-electron chi connectivity index (χ2n) is 6.33. The van der Waals surface area contributed by atoms with Gasteiger partial charge < -0.3 is 4.74 Å². The van der Waals surface area contributed by atoms with E-state index in [-0.39, 0.29) is 17.5 Å². The molecule has 5 heteroatoms. The minimum Gasteiger partial charge on any atom is -0.465 e.